The Morgan fingerprint density at radius 2 is 1.95 bits per heavy atom. The number of amides is 2. The molecule has 2 unspecified atom stereocenters. The summed E-state index contributed by atoms with van der Waals surface area (Å²) in [4.78, 5) is 27.3. The maximum atomic E-state index is 12.5. The summed E-state index contributed by atoms with van der Waals surface area (Å²) < 4.78 is 0. The number of likely N-dealkylation sites (tertiary alicyclic amines) is 1. The van der Waals surface area contributed by atoms with Crippen LogP contribution in [0, 0.1) is 17.8 Å². The van der Waals surface area contributed by atoms with Gasteiger partial charge in [-0.3, -0.25) is 4.79 Å². The summed E-state index contributed by atoms with van der Waals surface area (Å²) in [7, 11) is 0. The number of urea groups is 1. The van der Waals surface area contributed by atoms with Gasteiger partial charge in [-0.15, -0.1) is 0 Å². The monoisotopic (exact) mass is 268 g/mol. The summed E-state index contributed by atoms with van der Waals surface area (Å²) in [6.45, 7) is 7.68. The third-order valence-electron chi connectivity index (χ3n) is 4.22. The molecule has 5 nitrogen and oxygen atoms in total. The zero-order valence-corrected chi connectivity index (χ0v) is 12.0. The van der Waals surface area contributed by atoms with Crippen LogP contribution < -0.4 is 0 Å². The highest BCUT2D eigenvalue weighted by atomic mass is 16.4. The standard InChI is InChI=1S/C14H24N2O3/c1-9(2)16(7-11-4-5-11)14(19)15-6-10(3)12(8-15)13(17)18/h9-12H,4-8H2,1-3H3,(H,17,18). The molecule has 2 amide bonds. The predicted molar refractivity (Wildman–Crippen MR) is 71.8 cm³/mol. The molecular formula is C14H24N2O3. The van der Waals surface area contributed by atoms with Crippen LogP contribution >= 0.6 is 0 Å². The van der Waals surface area contributed by atoms with Crippen molar-refractivity contribution in [1.82, 2.24) is 9.80 Å². The zero-order valence-electron chi connectivity index (χ0n) is 12.0. The minimum Gasteiger partial charge on any atom is -0.481 e. The predicted octanol–water partition coefficient (Wildman–Crippen LogP) is 1.88. The fourth-order valence-corrected chi connectivity index (χ4v) is 2.71. The maximum Gasteiger partial charge on any atom is 0.320 e. The molecule has 0 aromatic rings. The van der Waals surface area contributed by atoms with Crippen LogP contribution in [0.1, 0.15) is 33.6 Å². The van der Waals surface area contributed by atoms with E-state index in [0.29, 0.717) is 19.0 Å². The first-order valence-electron chi connectivity index (χ1n) is 7.18. The SMILES string of the molecule is CC1CN(C(=O)N(CC2CC2)C(C)C)CC1C(=O)O. The number of carboxylic acid groups (broad SMARTS) is 1. The van der Waals surface area contributed by atoms with E-state index in [1.807, 2.05) is 25.7 Å². The summed E-state index contributed by atoms with van der Waals surface area (Å²) in [5, 5.41) is 9.13. The van der Waals surface area contributed by atoms with E-state index in [9.17, 15) is 9.59 Å². The molecule has 19 heavy (non-hydrogen) atoms. The maximum absolute atomic E-state index is 12.5. The van der Waals surface area contributed by atoms with E-state index in [1.54, 1.807) is 4.90 Å². The number of nitrogens with zero attached hydrogens (tertiary/aromatic N) is 2. The Kier molecular flexibility index (Phi) is 4.02. The first kappa shape index (κ1) is 14.2. The van der Waals surface area contributed by atoms with E-state index in [1.165, 1.54) is 12.8 Å². The highest BCUT2D eigenvalue weighted by molar-refractivity contribution is 5.78. The molecule has 2 atom stereocenters. The lowest BCUT2D eigenvalue weighted by Gasteiger charge is -2.31. The molecule has 1 heterocycles. The number of carbonyl (C=O) groups is 2. The van der Waals surface area contributed by atoms with Crippen LogP contribution in [0.5, 0.6) is 0 Å². The molecule has 0 aromatic carbocycles. The Balaban J connectivity index is 1.99. The first-order valence-corrected chi connectivity index (χ1v) is 7.18. The minimum atomic E-state index is -0.791. The lowest BCUT2D eigenvalue weighted by Crippen LogP contribution is -2.46. The molecule has 2 rings (SSSR count). The lowest BCUT2D eigenvalue weighted by atomic mass is 9.99. The molecule has 0 radical (unpaired) electrons. The van der Waals surface area contributed by atoms with Crippen molar-refractivity contribution in [2.24, 2.45) is 17.8 Å². The van der Waals surface area contributed by atoms with Crippen LogP contribution in [0.2, 0.25) is 0 Å². The van der Waals surface area contributed by atoms with Crippen LogP contribution in [-0.4, -0.2) is 52.6 Å². The fourth-order valence-electron chi connectivity index (χ4n) is 2.71. The molecule has 5 heteroatoms. The highest BCUT2D eigenvalue weighted by Crippen LogP contribution is 2.31. The van der Waals surface area contributed by atoms with Crippen LogP contribution in [0.4, 0.5) is 4.79 Å². The first-order chi connectivity index (χ1) is 8.90. The van der Waals surface area contributed by atoms with Gasteiger partial charge in [-0.05, 0) is 38.5 Å². The second-order valence-corrected chi connectivity index (χ2v) is 6.30. The van der Waals surface area contributed by atoms with Gasteiger partial charge in [-0.1, -0.05) is 6.92 Å². The summed E-state index contributed by atoms with van der Waals surface area (Å²) in [6.07, 6.45) is 2.43. The van der Waals surface area contributed by atoms with Crippen molar-refractivity contribution in [3.05, 3.63) is 0 Å². The lowest BCUT2D eigenvalue weighted by molar-refractivity contribution is -0.142. The van der Waals surface area contributed by atoms with E-state index >= 15 is 0 Å². The molecule has 1 saturated heterocycles. The van der Waals surface area contributed by atoms with Gasteiger partial charge in [0, 0.05) is 25.7 Å². The molecule has 1 aliphatic heterocycles. The van der Waals surface area contributed by atoms with Crippen LogP contribution in [0.25, 0.3) is 0 Å². The highest BCUT2D eigenvalue weighted by Gasteiger charge is 2.39. The molecule has 2 fully saturated rings. The number of rotatable bonds is 4. The largest absolute Gasteiger partial charge is 0.481 e. The average molecular weight is 268 g/mol. The molecule has 108 valence electrons. The van der Waals surface area contributed by atoms with Gasteiger partial charge in [0.2, 0.25) is 0 Å². The summed E-state index contributed by atoms with van der Waals surface area (Å²) in [5.74, 6) is -0.516. The van der Waals surface area contributed by atoms with Crippen molar-refractivity contribution in [1.29, 1.82) is 0 Å². The van der Waals surface area contributed by atoms with Crippen LogP contribution in [0.15, 0.2) is 0 Å². The van der Waals surface area contributed by atoms with Gasteiger partial charge in [-0.25, -0.2) is 4.79 Å². The van der Waals surface area contributed by atoms with Crippen molar-refractivity contribution in [3.63, 3.8) is 0 Å². The molecule has 0 bridgehead atoms. The van der Waals surface area contributed by atoms with Crippen molar-refractivity contribution >= 4 is 12.0 Å². The third-order valence-corrected chi connectivity index (χ3v) is 4.22. The molecule has 1 aliphatic carbocycles. The molecule has 2 aliphatic rings. The Labute approximate surface area is 114 Å². The minimum absolute atomic E-state index is 0.0116. The van der Waals surface area contributed by atoms with Gasteiger partial charge >= 0.3 is 12.0 Å². The second-order valence-electron chi connectivity index (χ2n) is 6.30. The normalized spacial score (nSPS) is 26.8. The van der Waals surface area contributed by atoms with E-state index in [2.05, 4.69) is 0 Å². The summed E-state index contributed by atoms with van der Waals surface area (Å²) in [5.41, 5.74) is 0. The number of hydrogen-bond acceptors (Lipinski definition) is 2. The van der Waals surface area contributed by atoms with Gasteiger partial charge in [0.1, 0.15) is 0 Å². The number of carbonyl (C=O) groups excluding carboxylic acids is 1. The van der Waals surface area contributed by atoms with E-state index < -0.39 is 11.9 Å². The Morgan fingerprint density at radius 1 is 1.32 bits per heavy atom. The second kappa shape index (κ2) is 5.39. The van der Waals surface area contributed by atoms with E-state index in [-0.39, 0.29) is 18.0 Å². The summed E-state index contributed by atoms with van der Waals surface area (Å²) >= 11 is 0. The molecule has 0 aromatic heterocycles. The topological polar surface area (TPSA) is 60.9 Å². The van der Waals surface area contributed by atoms with Crippen molar-refractivity contribution in [2.45, 2.75) is 39.7 Å². The van der Waals surface area contributed by atoms with Gasteiger partial charge in [0.15, 0.2) is 0 Å². The van der Waals surface area contributed by atoms with Gasteiger partial charge in [-0.2, -0.15) is 0 Å². The quantitative estimate of drug-likeness (QED) is 0.847. The van der Waals surface area contributed by atoms with E-state index in [0.717, 1.165) is 6.54 Å². The average Bonchev–Trinajstić information content (AvgIpc) is 3.05. The smallest absolute Gasteiger partial charge is 0.320 e. The van der Waals surface area contributed by atoms with Crippen molar-refractivity contribution < 1.29 is 14.7 Å². The van der Waals surface area contributed by atoms with E-state index in [4.69, 9.17) is 5.11 Å². The van der Waals surface area contributed by atoms with Crippen molar-refractivity contribution in [2.75, 3.05) is 19.6 Å². The van der Waals surface area contributed by atoms with Crippen molar-refractivity contribution in [3.8, 4) is 0 Å². The third kappa shape index (κ3) is 3.19. The molecule has 0 spiro atoms. The molecule has 1 N–H and O–H groups in total. The Bertz CT molecular complexity index is 366. The number of aliphatic carboxylic acids is 1. The summed E-state index contributed by atoms with van der Waals surface area (Å²) in [6, 6.07) is 0.185. The van der Waals surface area contributed by atoms with Gasteiger partial charge in [0.05, 0.1) is 5.92 Å². The molecule has 1 saturated carbocycles. The fraction of sp³-hybridized carbons (Fsp3) is 0.857. The van der Waals surface area contributed by atoms with Crippen LogP contribution in [-0.2, 0) is 4.79 Å². The Morgan fingerprint density at radius 3 is 2.37 bits per heavy atom. The number of carboxylic acids is 1. The zero-order chi connectivity index (χ0) is 14.2. The number of hydrogen-bond donors (Lipinski definition) is 1. The Hall–Kier alpha value is -1.26. The van der Waals surface area contributed by atoms with Gasteiger partial charge in [0.25, 0.3) is 0 Å². The molecular weight excluding hydrogens is 244 g/mol. The van der Waals surface area contributed by atoms with Crippen LogP contribution in [0.3, 0.4) is 0 Å². The van der Waals surface area contributed by atoms with Gasteiger partial charge < -0.3 is 14.9 Å².